The fourth-order valence-electron chi connectivity index (χ4n) is 2.51. The Morgan fingerprint density at radius 3 is 2.47 bits per heavy atom. The smallest absolute Gasteiger partial charge is 0.00313 e. The second-order valence-electron chi connectivity index (χ2n) is 4.82. The van der Waals surface area contributed by atoms with Crippen LogP contribution in [0.3, 0.4) is 0 Å². The average molecular weight is 276 g/mol. The Bertz CT molecular complexity index is 139. The van der Waals surface area contributed by atoms with Crippen molar-refractivity contribution in [2.24, 2.45) is 5.92 Å². The fraction of sp³-hybridized carbons (Fsp3) is 1.00. The van der Waals surface area contributed by atoms with Gasteiger partial charge in [-0.2, -0.15) is 0 Å². The van der Waals surface area contributed by atoms with Crippen molar-refractivity contribution in [2.75, 3.05) is 25.0 Å². The Balaban J connectivity index is 1.99. The summed E-state index contributed by atoms with van der Waals surface area (Å²) in [6, 6.07) is 0. The van der Waals surface area contributed by atoms with Crippen LogP contribution in [0.25, 0.3) is 0 Å². The molecule has 0 aromatic rings. The molecule has 0 aliphatic carbocycles. The lowest BCUT2D eigenvalue weighted by molar-refractivity contribution is 0.176. The number of rotatable bonds is 7. The molecule has 0 aromatic carbocycles. The molecular formula is C13H26BrN. The van der Waals surface area contributed by atoms with E-state index in [9.17, 15) is 0 Å². The first-order chi connectivity index (χ1) is 7.36. The van der Waals surface area contributed by atoms with Crippen LogP contribution >= 0.6 is 15.9 Å². The van der Waals surface area contributed by atoms with Crippen molar-refractivity contribution in [3.05, 3.63) is 0 Å². The van der Waals surface area contributed by atoms with Crippen LogP contribution in [0.15, 0.2) is 0 Å². The maximum Gasteiger partial charge on any atom is 0.00313 e. The Morgan fingerprint density at radius 2 is 1.87 bits per heavy atom. The third-order valence-corrected chi connectivity index (χ3v) is 4.07. The van der Waals surface area contributed by atoms with Gasteiger partial charge in [-0.25, -0.2) is 0 Å². The normalized spacial score (nSPS) is 19.6. The summed E-state index contributed by atoms with van der Waals surface area (Å²) in [6.07, 6.45) is 9.85. The van der Waals surface area contributed by atoms with Crippen molar-refractivity contribution in [3.8, 4) is 0 Å². The molecule has 0 amide bonds. The molecule has 0 unspecified atom stereocenters. The molecule has 1 fully saturated rings. The first-order valence-electron chi connectivity index (χ1n) is 6.65. The molecule has 1 nitrogen and oxygen atoms in total. The van der Waals surface area contributed by atoms with Crippen LogP contribution in [0.2, 0.25) is 0 Å². The Kier molecular flexibility index (Phi) is 7.72. The van der Waals surface area contributed by atoms with Gasteiger partial charge < -0.3 is 4.90 Å². The van der Waals surface area contributed by atoms with Gasteiger partial charge in [0.05, 0.1) is 0 Å². The Morgan fingerprint density at radius 1 is 1.13 bits per heavy atom. The molecule has 1 heterocycles. The first kappa shape index (κ1) is 13.5. The molecule has 1 saturated heterocycles. The van der Waals surface area contributed by atoms with E-state index in [1.54, 1.807) is 0 Å². The summed E-state index contributed by atoms with van der Waals surface area (Å²) in [4.78, 5) is 2.67. The van der Waals surface area contributed by atoms with Gasteiger partial charge in [-0.1, -0.05) is 42.1 Å². The monoisotopic (exact) mass is 275 g/mol. The third-order valence-electron chi connectivity index (χ3n) is 3.51. The SMILES string of the molecule is CCCC1CCN(CCCCCBr)CC1. The van der Waals surface area contributed by atoms with E-state index >= 15 is 0 Å². The summed E-state index contributed by atoms with van der Waals surface area (Å²) < 4.78 is 0. The zero-order valence-corrected chi connectivity index (χ0v) is 11.8. The zero-order chi connectivity index (χ0) is 10.9. The Labute approximate surface area is 104 Å². The van der Waals surface area contributed by atoms with Gasteiger partial charge in [0.25, 0.3) is 0 Å². The molecule has 0 radical (unpaired) electrons. The van der Waals surface area contributed by atoms with Crippen LogP contribution in [0.5, 0.6) is 0 Å². The molecule has 1 rings (SSSR count). The summed E-state index contributed by atoms with van der Waals surface area (Å²) in [5, 5.41) is 1.17. The molecule has 0 aromatic heterocycles. The predicted octanol–water partition coefficient (Wildman–Crippen LogP) is 4.06. The standard InChI is InChI=1S/C13H26BrN/c1-2-6-13-7-11-15(12-8-13)10-5-3-4-9-14/h13H,2-12H2,1H3. The van der Waals surface area contributed by atoms with Gasteiger partial charge >= 0.3 is 0 Å². The van der Waals surface area contributed by atoms with Crippen molar-refractivity contribution >= 4 is 15.9 Å². The number of alkyl halides is 1. The van der Waals surface area contributed by atoms with Crippen molar-refractivity contribution in [3.63, 3.8) is 0 Å². The summed E-state index contributed by atoms with van der Waals surface area (Å²) in [7, 11) is 0. The van der Waals surface area contributed by atoms with Gasteiger partial charge in [0.2, 0.25) is 0 Å². The lowest BCUT2D eigenvalue weighted by atomic mass is 9.92. The highest BCUT2D eigenvalue weighted by atomic mass is 79.9. The van der Waals surface area contributed by atoms with Gasteiger partial charge in [0, 0.05) is 5.33 Å². The molecule has 0 saturated carbocycles. The van der Waals surface area contributed by atoms with Crippen molar-refractivity contribution in [2.45, 2.75) is 51.9 Å². The zero-order valence-electron chi connectivity index (χ0n) is 10.2. The third kappa shape index (κ3) is 5.91. The van der Waals surface area contributed by atoms with Crippen molar-refractivity contribution in [1.82, 2.24) is 4.90 Å². The number of nitrogens with zero attached hydrogens (tertiary/aromatic N) is 1. The lowest BCUT2D eigenvalue weighted by Crippen LogP contribution is -2.34. The lowest BCUT2D eigenvalue weighted by Gasteiger charge is -2.31. The second kappa shape index (κ2) is 8.58. The van der Waals surface area contributed by atoms with Gasteiger partial charge in [-0.05, 0) is 51.2 Å². The number of likely N-dealkylation sites (tertiary alicyclic amines) is 1. The van der Waals surface area contributed by atoms with E-state index in [4.69, 9.17) is 0 Å². The first-order valence-corrected chi connectivity index (χ1v) is 7.77. The van der Waals surface area contributed by atoms with Gasteiger partial charge in [-0.3, -0.25) is 0 Å². The molecule has 90 valence electrons. The van der Waals surface area contributed by atoms with E-state index in [1.165, 1.54) is 69.9 Å². The summed E-state index contributed by atoms with van der Waals surface area (Å²) >= 11 is 3.49. The van der Waals surface area contributed by atoms with Crippen LogP contribution in [-0.2, 0) is 0 Å². The van der Waals surface area contributed by atoms with Gasteiger partial charge in [0.15, 0.2) is 0 Å². The molecule has 0 N–H and O–H groups in total. The van der Waals surface area contributed by atoms with Crippen LogP contribution < -0.4 is 0 Å². The highest BCUT2D eigenvalue weighted by Crippen LogP contribution is 2.21. The minimum absolute atomic E-state index is 1.04. The highest BCUT2D eigenvalue weighted by molar-refractivity contribution is 9.09. The van der Waals surface area contributed by atoms with E-state index in [0.29, 0.717) is 0 Å². The average Bonchev–Trinajstić information content (AvgIpc) is 2.27. The van der Waals surface area contributed by atoms with E-state index in [1.807, 2.05) is 0 Å². The number of unbranched alkanes of at least 4 members (excludes halogenated alkanes) is 2. The number of hydrogen-bond donors (Lipinski definition) is 0. The maximum atomic E-state index is 3.49. The molecule has 0 spiro atoms. The van der Waals surface area contributed by atoms with E-state index in [0.717, 1.165) is 5.92 Å². The highest BCUT2D eigenvalue weighted by Gasteiger charge is 2.17. The minimum atomic E-state index is 1.04. The van der Waals surface area contributed by atoms with E-state index in [-0.39, 0.29) is 0 Å². The van der Waals surface area contributed by atoms with Gasteiger partial charge in [-0.15, -0.1) is 0 Å². The predicted molar refractivity (Wildman–Crippen MR) is 71.7 cm³/mol. The molecular weight excluding hydrogens is 250 g/mol. The van der Waals surface area contributed by atoms with Crippen molar-refractivity contribution in [1.29, 1.82) is 0 Å². The largest absolute Gasteiger partial charge is 0.303 e. The molecule has 1 aliphatic heterocycles. The summed E-state index contributed by atoms with van der Waals surface area (Å²) in [5.41, 5.74) is 0. The number of hydrogen-bond acceptors (Lipinski definition) is 1. The van der Waals surface area contributed by atoms with Gasteiger partial charge in [0.1, 0.15) is 0 Å². The Hall–Kier alpha value is 0.440. The molecule has 1 aliphatic rings. The van der Waals surface area contributed by atoms with Crippen LogP contribution in [0, 0.1) is 5.92 Å². The molecule has 0 bridgehead atoms. The summed E-state index contributed by atoms with van der Waals surface area (Å²) in [5.74, 6) is 1.04. The molecule has 0 atom stereocenters. The topological polar surface area (TPSA) is 3.24 Å². The quantitative estimate of drug-likeness (QED) is 0.500. The van der Waals surface area contributed by atoms with Crippen LogP contribution in [0.1, 0.15) is 51.9 Å². The number of halogens is 1. The minimum Gasteiger partial charge on any atom is -0.303 e. The van der Waals surface area contributed by atoms with Crippen molar-refractivity contribution < 1.29 is 0 Å². The van der Waals surface area contributed by atoms with E-state index < -0.39 is 0 Å². The molecule has 15 heavy (non-hydrogen) atoms. The fourth-order valence-corrected chi connectivity index (χ4v) is 2.91. The molecule has 2 heteroatoms. The summed E-state index contributed by atoms with van der Waals surface area (Å²) in [6.45, 7) is 6.37. The maximum absolute atomic E-state index is 3.49. The second-order valence-corrected chi connectivity index (χ2v) is 5.62. The van der Waals surface area contributed by atoms with Crippen LogP contribution in [0.4, 0.5) is 0 Å². The van der Waals surface area contributed by atoms with E-state index in [2.05, 4.69) is 27.8 Å². The number of piperidine rings is 1. The van der Waals surface area contributed by atoms with Crippen LogP contribution in [-0.4, -0.2) is 29.9 Å².